The molecule has 0 spiro atoms. The lowest BCUT2D eigenvalue weighted by atomic mass is 10.1. The minimum atomic E-state index is -0.184. The number of carbonyl (C=O) groups is 1. The van der Waals surface area contributed by atoms with Gasteiger partial charge in [0.25, 0.3) is 0 Å². The molecule has 5 nitrogen and oxygen atoms in total. The molecule has 0 saturated heterocycles. The average Bonchev–Trinajstić information content (AvgIpc) is 3.15. The second-order valence-electron chi connectivity index (χ2n) is 4.58. The topological polar surface area (TPSA) is 67.2 Å². The van der Waals surface area contributed by atoms with Gasteiger partial charge in [-0.25, -0.2) is 9.78 Å². The molecule has 21 heavy (non-hydrogen) atoms. The van der Waals surface area contributed by atoms with Crippen LogP contribution in [0.4, 0.5) is 4.79 Å². The third kappa shape index (κ3) is 4.46. The molecule has 0 saturated carbocycles. The number of thiazole rings is 1. The van der Waals surface area contributed by atoms with Gasteiger partial charge in [0.05, 0.1) is 18.5 Å². The van der Waals surface area contributed by atoms with Gasteiger partial charge in [-0.1, -0.05) is 13.0 Å². The van der Waals surface area contributed by atoms with Gasteiger partial charge in [0.2, 0.25) is 0 Å². The molecule has 0 aliphatic carbocycles. The smallest absolute Gasteiger partial charge is 0.315 e. The highest BCUT2D eigenvalue weighted by Crippen LogP contribution is 2.23. The van der Waals surface area contributed by atoms with Crippen molar-refractivity contribution in [2.45, 2.75) is 32.4 Å². The van der Waals surface area contributed by atoms with Gasteiger partial charge in [-0.3, -0.25) is 0 Å². The van der Waals surface area contributed by atoms with Gasteiger partial charge >= 0.3 is 6.03 Å². The van der Waals surface area contributed by atoms with Gasteiger partial charge in [0, 0.05) is 11.4 Å². The lowest BCUT2D eigenvalue weighted by Gasteiger charge is -2.15. The molecule has 2 amide bonds. The van der Waals surface area contributed by atoms with E-state index >= 15 is 0 Å². The van der Waals surface area contributed by atoms with Crippen LogP contribution in [0.25, 0.3) is 10.8 Å². The van der Waals surface area contributed by atoms with Crippen molar-refractivity contribution in [2.24, 2.45) is 0 Å². The predicted octanol–water partition coefficient (Wildman–Crippen LogP) is 3.56. The SMILES string of the molecule is C=CC[C@H](CC)NC(=O)NCc1csc(-c2ccco2)n1. The lowest BCUT2D eigenvalue weighted by molar-refractivity contribution is 0.236. The van der Waals surface area contributed by atoms with Gasteiger partial charge < -0.3 is 15.1 Å². The van der Waals surface area contributed by atoms with E-state index < -0.39 is 0 Å². The predicted molar refractivity (Wildman–Crippen MR) is 84.1 cm³/mol. The Balaban J connectivity index is 1.83. The highest BCUT2D eigenvalue weighted by Gasteiger charge is 2.10. The first kappa shape index (κ1) is 15.3. The van der Waals surface area contributed by atoms with Crippen LogP contribution in [0.2, 0.25) is 0 Å². The lowest BCUT2D eigenvalue weighted by Crippen LogP contribution is -2.41. The molecule has 2 heterocycles. The monoisotopic (exact) mass is 305 g/mol. The molecular weight excluding hydrogens is 286 g/mol. The zero-order chi connectivity index (χ0) is 15.1. The van der Waals surface area contributed by atoms with E-state index in [1.54, 1.807) is 6.26 Å². The molecular formula is C15H19N3O2S. The molecule has 2 aromatic rings. The van der Waals surface area contributed by atoms with Gasteiger partial charge in [0.15, 0.2) is 10.8 Å². The van der Waals surface area contributed by atoms with Crippen LogP contribution in [0.1, 0.15) is 25.5 Å². The summed E-state index contributed by atoms with van der Waals surface area (Å²) in [7, 11) is 0. The highest BCUT2D eigenvalue weighted by atomic mass is 32.1. The number of hydrogen-bond donors (Lipinski definition) is 2. The van der Waals surface area contributed by atoms with E-state index in [2.05, 4.69) is 22.2 Å². The van der Waals surface area contributed by atoms with Gasteiger partial charge in [0.1, 0.15) is 0 Å². The van der Waals surface area contributed by atoms with Gasteiger partial charge in [-0.05, 0) is 25.0 Å². The number of furan rings is 1. The van der Waals surface area contributed by atoms with Crippen LogP contribution < -0.4 is 10.6 Å². The second kappa shape index (κ2) is 7.64. The van der Waals surface area contributed by atoms with Crippen LogP contribution in [0, 0.1) is 0 Å². The number of rotatable bonds is 7. The molecule has 0 radical (unpaired) electrons. The average molecular weight is 305 g/mol. The van der Waals surface area contributed by atoms with Crippen LogP contribution in [0.5, 0.6) is 0 Å². The maximum atomic E-state index is 11.8. The van der Waals surface area contributed by atoms with Crippen LogP contribution in [0.15, 0.2) is 40.8 Å². The van der Waals surface area contributed by atoms with Gasteiger partial charge in [-0.15, -0.1) is 17.9 Å². The fourth-order valence-electron chi connectivity index (χ4n) is 1.84. The minimum Gasteiger partial charge on any atom is -0.462 e. The van der Waals surface area contributed by atoms with Crippen LogP contribution in [0.3, 0.4) is 0 Å². The van der Waals surface area contributed by atoms with E-state index in [4.69, 9.17) is 4.42 Å². The molecule has 1 atom stereocenters. The summed E-state index contributed by atoms with van der Waals surface area (Å²) >= 11 is 1.50. The molecule has 0 aliphatic heterocycles. The molecule has 2 N–H and O–H groups in total. The van der Waals surface area contributed by atoms with Crippen molar-refractivity contribution in [3.8, 4) is 10.8 Å². The normalized spacial score (nSPS) is 11.9. The van der Waals surface area contributed by atoms with Gasteiger partial charge in [-0.2, -0.15) is 0 Å². The van der Waals surface area contributed by atoms with Crippen molar-refractivity contribution in [3.63, 3.8) is 0 Å². The van der Waals surface area contributed by atoms with E-state index in [0.717, 1.165) is 29.3 Å². The molecule has 0 bridgehead atoms. The molecule has 0 unspecified atom stereocenters. The third-order valence-corrected chi connectivity index (χ3v) is 3.90. The highest BCUT2D eigenvalue weighted by molar-refractivity contribution is 7.13. The van der Waals surface area contributed by atoms with Crippen molar-refractivity contribution in [2.75, 3.05) is 0 Å². The standard InChI is InChI=1S/C15H19N3O2S/c1-3-6-11(4-2)18-15(19)16-9-12-10-21-14(17-12)13-7-5-8-20-13/h3,5,7-8,10-11H,1,4,6,9H2,2H3,(H2,16,18,19)/t11-/m0/s1. The zero-order valence-electron chi connectivity index (χ0n) is 12.0. The Bertz CT molecular complexity index is 578. The summed E-state index contributed by atoms with van der Waals surface area (Å²) in [6.45, 7) is 6.12. The number of urea groups is 1. The summed E-state index contributed by atoms with van der Waals surface area (Å²) in [6, 6.07) is 3.63. The fourth-order valence-corrected chi connectivity index (χ4v) is 2.62. The minimum absolute atomic E-state index is 0.122. The molecule has 6 heteroatoms. The van der Waals surface area contributed by atoms with E-state index in [-0.39, 0.29) is 12.1 Å². The number of nitrogens with one attached hydrogen (secondary N) is 2. The Morgan fingerprint density at radius 2 is 2.48 bits per heavy atom. The molecule has 0 aromatic carbocycles. The van der Waals surface area contributed by atoms with Crippen molar-refractivity contribution < 1.29 is 9.21 Å². The summed E-state index contributed by atoms with van der Waals surface area (Å²) in [5, 5.41) is 8.45. The second-order valence-corrected chi connectivity index (χ2v) is 5.44. The quantitative estimate of drug-likeness (QED) is 0.769. The Morgan fingerprint density at radius 1 is 1.62 bits per heavy atom. The number of carbonyl (C=O) groups excluding carboxylic acids is 1. The van der Waals surface area contributed by atoms with E-state index in [9.17, 15) is 4.79 Å². The molecule has 0 fully saturated rings. The van der Waals surface area contributed by atoms with E-state index in [1.165, 1.54) is 11.3 Å². The fraction of sp³-hybridized carbons (Fsp3) is 0.333. The van der Waals surface area contributed by atoms with Crippen molar-refractivity contribution in [1.29, 1.82) is 0 Å². The van der Waals surface area contributed by atoms with Crippen molar-refractivity contribution >= 4 is 17.4 Å². The summed E-state index contributed by atoms with van der Waals surface area (Å²) in [6.07, 6.45) is 5.07. The van der Waals surface area contributed by atoms with Crippen molar-refractivity contribution in [1.82, 2.24) is 15.6 Å². The number of amides is 2. The Hall–Kier alpha value is -2.08. The summed E-state index contributed by atoms with van der Waals surface area (Å²) < 4.78 is 5.29. The number of hydrogen-bond acceptors (Lipinski definition) is 4. The Labute approximate surface area is 128 Å². The Morgan fingerprint density at radius 3 is 3.14 bits per heavy atom. The summed E-state index contributed by atoms with van der Waals surface area (Å²) in [5.41, 5.74) is 0.818. The van der Waals surface area contributed by atoms with Crippen LogP contribution in [-0.2, 0) is 6.54 Å². The molecule has 2 rings (SSSR count). The molecule has 2 aromatic heterocycles. The van der Waals surface area contributed by atoms with Crippen LogP contribution in [-0.4, -0.2) is 17.1 Å². The van der Waals surface area contributed by atoms with E-state index in [0.29, 0.717) is 6.54 Å². The number of nitrogens with zero attached hydrogens (tertiary/aromatic N) is 1. The summed E-state index contributed by atoms with van der Waals surface area (Å²) in [5.74, 6) is 0.743. The molecule has 0 aliphatic rings. The Kier molecular flexibility index (Phi) is 5.57. The largest absolute Gasteiger partial charge is 0.462 e. The summed E-state index contributed by atoms with van der Waals surface area (Å²) in [4.78, 5) is 16.2. The first-order valence-electron chi connectivity index (χ1n) is 6.86. The zero-order valence-corrected chi connectivity index (χ0v) is 12.8. The van der Waals surface area contributed by atoms with E-state index in [1.807, 2.05) is 30.5 Å². The first-order valence-corrected chi connectivity index (χ1v) is 7.74. The van der Waals surface area contributed by atoms with Crippen molar-refractivity contribution in [3.05, 3.63) is 42.1 Å². The maximum absolute atomic E-state index is 11.8. The first-order chi connectivity index (χ1) is 10.2. The van der Waals surface area contributed by atoms with Crippen LogP contribution >= 0.6 is 11.3 Å². The maximum Gasteiger partial charge on any atom is 0.315 e. The third-order valence-electron chi connectivity index (χ3n) is 2.99. The molecule has 112 valence electrons. The number of aromatic nitrogens is 1.